The molecule has 0 aromatic carbocycles. The van der Waals surface area contributed by atoms with Crippen molar-refractivity contribution in [2.45, 2.75) is 57.6 Å². The predicted octanol–water partition coefficient (Wildman–Crippen LogP) is 2.35. The highest BCUT2D eigenvalue weighted by molar-refractivity contribution is 5.09. The summed E-state index contributed by atoms with van der Waals surface area (Å²) in [7, 11) is 2.09. The summed E-state index contributed by atoms with van der Waals surface area (Å²) in [6, 6.07) is 0.687. The zero-order chi connectivity index (χ0) is 12.1. The van der Waals surface area contributed by atoms with Gasteiger partial charge in [0.1, 0.15) is 0 Å². The first-order valence-electron chi connectivity index (χ1n) is 7.20. The van der Waals surface area contributed by atoms with Crippen molar-refractivity contribution in [1.29, 1.82) is 0 Å². The molecule has 2 rings (SSSR count). The summed E-state index contributed by atoms with van der Waals surface area (Å²) in [5, 5.41) is 3.46. The third-order valence-electron chi connectivity index (χ3n) is 4.56. The molecule has 2 unspecified atom stereocenters. The Morgan fingerprint density at radius 1 is 1.18 bits per heavy atom. The van der Waals surface area contributed by atoms with Gasteiger partial charge in [-0.25, -0.2) is 0 Å². The number of nitrogens with one attached hydrogen (secondary N) is 1. The predicted molar refractivity (Wildman–Crippen MR) is 69.2 cm³/mol. The molecule has 2 atom stereocenters. The van der Waals surface area contributed by atoms with Crippen LogP contribution in [0.5, 0.6) is 0 Å². The Morgan fingerprint density at radius 3 is 2.59 bits per heavy atom. The first-order chi connectivity index (χ1) is 8.33. The highest BCUT2D eigenvalue weighted by Crippen LogP contribution is 2.54. The lowest BCUT2D eigenvalue weighted by Gasteiger charge is -2.54. The number of hydrogen-bond acceptors (Lipinski definition) is 3. The second-order valence-electron chi connectivity index (χ2n) is 5.49. The standard InChI is InChI=1S/C14H27NO2/c1-3-8-16-9-10-17-13-11-12(15-2)14(13)6-4-5-7-14/h12-13,15H,3-11H2,1-2H3. The zero-order valence-corrected chi connectivity index (χ0v) is 11.3. The van der Waals surface area contributed by atoms with Gasteiger partial charge in [0.2, 0.25) is 0 Å². The van der Waals surface area contributed by atoms with Gasteiger partial charge in [0.15, 0.2) is 0 Å². The van der Waals surface area contributed by atoms with Crippen LogP contribution in [0.1, 0.15) is 45.4 Å². The van der Waals surface area contributed by atoms with Gasteiger partial charge in [0.05, 0.1) is 19.3 Å². The van der Waals surface area contributed by atoms with Gasteiger partial charge in [-0.1, -0.05) is 19.8 Å². The first kappa shape index (κ1) is 13.3. The van der Waals surface area contributed by atoms with E-state index < -0.39 is 0 Å². The van der Waals surface area contributed by atoms with Crippen molar-refractivity contribution in [3.63, 3.8) is 0 Å². The number of rotatable bonds is 7. The van der Waals surface area contributed by atoms with E-state index >= 15 is 0 Å². The van der Waals surface area contributed by atoms with E-state index in [-0.39, 0.29) is 0 Å². The molecule has 17 heavy (non-hydrogen) atoms. The molecule has 100 valence electrons. The Morgan fingerprint density at radius 2 is 1.94 bits per heavy atom. The normalized spacial score (nSPS) is 30.7. The molecule has 1 spiro atoms. The molecule has 0 saturated heterocycles. The van der Waals surface area contributed by atoms with Gasteiger partial charge in [-0.2, -0.15) is 0 Å². The average molecular weight is 241 g/mol. The molecule has 2 saturated carbocycles. The number of ether oxygens (including phenoxy) is 2. The van der Waals surface area contributed by atoms with E-state index in [4.69, 9.17) is 9.47 Å². The summed E-state index contributed by atoms with van der Waals surface area (Å²) in [6.07, 6.45) is 8.21. The van der Waals surface area contributed by atoms with Crippen molar-refractivity contribution >= 4 is 0 Å². The molecule has 2 aliphatic carbocycles. The molecule has 2 aliphatic rings. The lowest BCUT2D eigenvalue weighted by Crippen LogP contribution is -2.62. The third-order valence-corrected chi connectivity index (χ3v) is 4.56. The van der Waals surface area contributed by atoms with E-state index in [0.29, 0.717) is 17.6 Å². The fourth-order valence-electron chi connectivity index (χ4n) is 3.59. The maximum absolute atomic E-state index is 6.03. The molecular weight excluding hydrogens is 214 g/mol. The fraction of sp³-hybridized carbons (Fsp3) is 1.00. The van der Waals surface area contributed by atoms with Crippen LogP contribution in [0.3, 0.4) is 0 Å². The average Bonchev–Trinajstić information content (AvgIpc) is 2.84. The second-order valence-corrected chi connectivity index (χ2v) is 5.49. The third kappa shape index (κ3) is 2.67. The van der Waals surface area contributed by atoms with Crippen molar-refractivity contribution < 1.29 is 9.47 Å². The van der Waals surface area contributed by atoms with Crippen LogP contribution in [-0.2, 0) is 9.47 Å². The van der Waals surface area contributed by atoms with Crippen LogP contribution >= 0.6 is 0 Å². The summed E-state index contributed by atoms with van der Waals surface area (Å²) in [5.41, 5.74) is 0.458. The molecule has 3 nitrogen and oxygen atoms in total. The number of hydrogen-bond donors (Lipinski definition) is 1. The van der Waals surface area contributed by atoms with Gasteiger partial charge in [0.25, 0.3) is 0 Å². The molecule has 0 aromatic heterocycles. The van der Waals surface area contributed by atoms with E-state index in [2.05, 4.69) is 19.3 Å². The SMILES string of the molecule is CCCOCCOC1CC(NC)C12CCCC2. The van der Waals surface area contributed by atoms with Crippen LogP contribution < -0.4 is 5.32 Å². The van der Waals surface area contributed by atoms with Gasteiger partial charge in [-0.3, -0.25) is 0 Å². The lowest BCUT2D eigenvalue weighted by molar-refractivity contribution is -0.140. The topological polar surface area (TPSA) is 30.5 Å². The van der Waals surface area contributed by atoms with Crippen LogP contribution in [0.15, 0.2) is 0 Å². The van der Waals surface area contributed by atoms with Crippen LogP contribution in [0.25, 0.3) is 0 Å². The molecule has 1 N–H and O–H groups in total. The molecular formula is C14H27NO2. The van der Waals surface area contributed by atoms with E-state index in [1.165, 1.54) is 32.1 Å². The van der Waals surface area contributed by atoms with Crippen molar-refractivity contribution in [1.82, 2.24) is 5.32 Å². The van der Waals surface area contributed by atoms with Gasteiger partial charge in [-0.15, -0.1) is 0 Å². The zero-order valence-electron chi connectivity index (χ0n) is 11.3. The highest BCUT2D eigenvalue weighted by atomic mass is 16.5. The monoisotopic (exact) mass is 241 g/mol. The minimum Gasteiger partial charge on any atom is -0.379 e. The van der Waals surface area contributed by atoms with Crippen LogP contribution in [0, 0.1) is 5.41 Å². The Labute approximate surface area is 105 Å². The van der Waals surface area contributed by atoms with Crippen LogP contribution in [0.2, 0.25) is 0 Å². The Balaban J connectivity index is 1.71. The molecule has 0 aliphatic heterocycles. The van der Waals surface area contributed by atoms with E-state index in [1.807, 2.05) is 0 Å². The van der Waals surface area contributed by atoms with Crippen LogP contribution in [0.4, 0.5) is 0 Å². The minimum absolute atomic E-state index is 0.458. The van der Waals surface area contributed by atoms with Gasteiger partial charge >= 0.3 is 0 Å². The summed E-state index contributed by atoms with van der Waals surface area (Å²) >= 11 is 0. The lowest BCUT2D eigenvalue weighted by atomic mass is 9.60. The molecule has 2 fully saturated rings. The molecule has 0 amide bonds. The molecule has 0 heterocycles. The first-order valence-corrected chi connectivity index (χ1v) is 7.20. The second kappa shape index (κ2) is 6.17. The van der Waals surface area contributed by atoms with Crippen molar-refractivity contribution in [2.75, 3.05) is 26.9 Å². The maximum Gasteiger partial charge on any atom is 0.0704 e. The molecule has 0 radical (unpaired) electrons. The molecule has 0 bridgehead atoms. The van der Waals surface area contributed by atoms with E-state index in [1.54, 1.807) is 0 Å². The van der Waals surface area contributed by atoms with E-state index in [0.717, 1.165) is 26.2 Å². The highest BCUT2D eigenvalue weighted by Gasteiger charge is 2.55. The van der Waals surface area contributed by atoms with Gasteiger partial charge in [0, 0.05) is 18.1 Å². The summed E-state index contributed by atoms with van der Waals surface area (Å²) < 4.78 is 11.5. The summed E-state index contributed by atoms with van der Waals surface area (Å²) in [5.74, 6) is 0. The van der Waals surface area contributed by atoms with E-state index in [9.17, 15) is 0 Å². The van der Waals surface area contributed by atoms with Crippen LogP contribution in [-0.4, -0.2) is 39.0 Å². The Kier molecular flexibility index (Phi) is 4.83. The van der Waals surface area contributed by atoms with Crippen molar-refractivity contribution in [2.24, 2.45) is 5.41 Å². The van der Waals surface area contributed by atoms with Crippen molar-refractivity contribution in [3.05, 3.63) is 0 Å². The van der Waals surface area contributed by atoms with Gasteiger partial charge < -0.3 is 14.8 Å². The Hall–Kier alpha value is -0.120. The smallest absolute Gasteiger partial charge is 0.0704 e. The molecule has 0 aromatic rings. The molecule has 3 heteroatoms. The Bertz CT molecular complexity index is 226. The maximum atomic E-state index is 6.03. The summed E-state index contributed by atoms with van der Waals surface area (Å²) in [6.45, 7) is 4.52. The fourth-order valence-corrected chi connectivity index (χ4v) is 3.59. The minimum atomic E-state index is 0.458. The summed E-state index contributed by atoms with van der Waals surface area (Å²) in [4.78, 5) is 0. The quantitative estimate of drug-likeness (QED) is 0.694. The largest absolute Gasteiger partial charge is 0.379 e. The van der Waals surface area contributed by atoms with Crippen molar-refractivity contribution in [3.8, 4) is 0 Å². The van der Waals surface area contributed by atoms with Gasteiger partial charge in [-0.05, 0) is 32.7 Å².